The van der Waals surface area contributed by atoms with Crippen molar-refractivity contribution in [2.75, 3.05) is 11.9 Å². The third-order valence-corrected chi connectivity index (χ3v) is 5.26. The van der Waals surface area contributed by atoms with E-state index in [-0.39, 0.29) is 11.8 Å². The van der Waals surface area contributed by atoms with Crippen LogP contribution in [0.15, 0.2) is 30.5 Å². The lowest BCUT2D eigenvalue weighted by molar-refractivity contribution is 0.0945. The zero-order chi connectivity index (χ0) is 19.4. The molecule has 6 heteroatoms. The Labute approximate surface area is 164 Å². The summed E-state index contributed by atoms with van der Waals surface area (Å²) in [5, 5.41) is 6.34. The van der Waals surface area contributed by atoms with Gasteiger partial charge in [-0.1, -0.05) is 38.3 Å². The van der Waals surface area contributed by atoms with Gasteiger partial charge in [-0.3, -0.25) is 4.79 Å². The Morgan fingerprint density at radius 2 is 2.04 bits per heavy atom. The van der Waals surface area contributed by atoms with E-state index >= 15 is 0 Å². The molecule has 0 unspecified atom stereocenters. The molecular formula is C21H25ClFN3O. The van der Waals surface area contributed by atoms with Gasteiger partial charge in [0, 0.05) is 17.8 Å². The number of benzene rings is 1. The highest BCUT2D eigenvalue weighted by molar-refractivity contribution is 6.30. The van der Waals surface area contributed by atoms with Gasteiger partial charge in [-0.05, 0) is 54.5 Å². The van der Waals surface area contributed by atoms with Crippen molar-refractivity contribution >= 4 is 29.0 Å². The minimum absolute atomic E-state index is 0.0951. The minimum atomic E-state index is -0.450. The van der Waals surface area contributed by atoms with E-state index in [1.54, 1.807) is 18.3 Å². The van der Waals surface area contributed by atoms with E-state index in [2.05, 4.69) is 15.6 Å². The molecule has 1 amide bonds. The smallest absolute Gasteiger partial charge is 0.253 e. The maximum Gasteiger partial charge on any atom is 0.253 e. The Hall–Kier alpha value is -2.14. The van der Waals surface area contributed by atoms with Crippen LogP contribution in [0.5, 0.6) is 0 Å². The van der Waals surface area contributed by atoms with Crippen LogP contribution in [0.2, 0.25) is 5.02 Å². The minimum Gasteiger partial charge on any atom is -0.352 e. The van der Waals surface area contributed by atoms with Gasteiger partial charge in [0.15, 0.2) is 0 Å². The fraction of sp³-hybridized carbons (Fsp3) is 0.429. The maximum atomic E-state index is 14.0. The first-order chi connectivity index (χ1) is 12.9. The molecule has 0 spiro atoms. The quantitative estimate of drug-likeness (QED) is 0.670. The molecule has 0 atom stereocenters. The van der Waals surface area contributed by atoms with E-state index in [0.29, 0.717) is 34.6 Å². The highest BCUT2D eigenvalue weighted by atomic mass is 35.5. The summed E-state index contributed by atoms with van der Waals surface area (Å²) in [4.78, 5) is 17.0. The van der Waals surface area contributed by atoms with Gasteiger partial charge in [-0.25, -0.2) is 9.37 Å². The van der Waals surface area contributed by atoms with Gasteiger partial charge in [0.05, 0.1) is 11.3 Å². The fourth-order valence-corrected chi connectivity index (χ4v) is 3.64. The van der Waals surface area contributed by atoms with Crippen molar-refractivity contribution in [3.63, 3.8) is 0 Å². The van der Waals surface area contributed by atoms with Crippen molar-refractivity contribution in [3.8, 4) is 0 Å². The summed E-state index contributed by atoms with van der Waals surface area (Å²) in [6, 6.07) is 6.24. The number of carbonyl (C=O) groups is 1. The van der Waals surface area contributed by atoms with E-state index in [0.717, 1.165) is 5.56 Å². The number of pyridine rings is 1. The van der Waals surface area contributed by atoms with Crippen LogP contribution in [-0.2, 0) is 0 Å². The van der Waals surface area contributed by atoms with Gasteiger partial charge in [0.25, 0.3) is 5.91 Å². The lowest BCUT2D eigenvalue weighted by atomic mass is 9.98. The molecule has 2 aromatic rings. The van der Waals surface area contributed by atoms with Crippen molar-refractivity contribution in [1.29, 1.82) is 0 Å². The molecule has 4 nitrogen and oxygen atoms in total. The van der Waals surface area contributed by atoms with Gasteiger partial charge < -0.3 is 10.6 Å². The van der Waals surface area contributed by atoms with Crippen molar-refractivity contribution in [3.05, 3.63) is 52.4 Å². The molecule has 1 aliphatic carbocycles. The van der Waals surface area contributed by atoms with Crippen LogP contribution < -0.4 is 10.6 Å². The average Bonchev–Trinajstić information content (AvgIpc) is 3.15. The Bertz CT molecular complexity index is 819. The van der Waals surface area contributed by atoms with Crippen molar-refractivity contribution in [1.82, 2.24) is 10.3 Å². The first-order valence-electron chi connectivity index (χ1n) is 9.44. The number of nitrogens with zero attached hydrogens (tertiary/aromatic N) is 1. The van der Waals surface area contributed by atoms with Gasteiger partial charge >= 0.3 is 0 Å². The molecule has 144 valence electrons. The molecule has 0 radical (unpaired) electrons. The summed E-state index contributed by atoms with van der Waals surface area (Å²) < 4.78 is 14.0. The number of rotatable bonds is 6. The van der Waals surface area contributed by atoms with Crippen LogP contribution >= 0.6 is 11.6 Å². The highest BCUT2D eigenvalue weighted by Gasteiger charge is 2.19. The normalized spacial score (nSPS) is 14.6. The van der Waals surface area contributed by atoms with Gasteiger partial charge in [0.2, 0.25) is 0 Å². The van der Waals surface area contributed by atoms with Gasteiger partial charge in [-0.15, -0.1) is 0 Å². The van der Waals surface area contributed by atoms with Crippen LogP contribution in [0.25, 0.3) is 0 Å². The molecular weight excluding hydrogens is 365 g/mol. The molecule has 0 saturated heterocycles. The third kappa shape index (κ3) is 4.98. The predicted molar refractivity (Wildman–Crippen MR) is 107 cm³/mol. The van der Waals surface area contributed by atoms with Crippen molar-refractivity contribution < 1.29 is 9.18 Å². The molecule has 1 aromatic heterocycles. The SMILES string of the molecule is CC(C)c1cc(Nc2ccc(Cl)cc2F)ncc1C(=O)NCC1CCCC1. The number of amides is 1. The summed E-state index contributed by atoms with van der Waals surface area (Å²) in [6.07, 6.45) is 6.44. The summed E-state index contributed by atoms with van der Waals surface area (Å²) in [7, 11) is 0. The average molecular weight is 390 g/mol. The Morgan fingerprint density at radius 1 is 1.30 bits per heavy atom. The first kappa shape index (κ1) is 19.6. The van der Waals surface area contributed by atoms with Crippen LogP contribution in [0.3, 0.4) is 0 Å². The zero-order valence-corrected chi connectivity index (χ0v) is 16.4. The summed E-state index contributed by atoms with van der Waals surface area (Å²) in [5.41, 5.74) is 1.75. The van der Waals surface area contributed by atoms with E-state index in [4.69, 9.17) is 11.6 Å². The van der Waals surface area contributed by atoms with E-state index < -0.39 is 5.82 Å². The van der Waals surface area contributed by atoms with Crippen LogP contribution in [0, 0.1) is 11.7 Å². The number of hydrogen-bond acceptors (Lipinski definition) is 3. The second-order valence-electron chi connectivity index (χ2n) is 7.42. The Morgan fingerprint density at radius 3 is 2.70 bits per heavy atom. The summed E-state index contributed by atoms with van der Waals surface area (Å²) >= 11 is 5.79. The number of aromatic nitrogens is 1. The third-order valence-electron chi connectivity index (χ3n) is 5.02. The molecule has 0 bridgehead atoms. The predicted octanol–water partition coefficient (Wildman–Crippen LogP) is 5.66. The molecule has 1 aromatic carbocycles. The highest BCUT2D eigenvalue weighted by Crippen LogP contribution is 2.27. The number of halogens is 2. The summed E-state index contributed by atoms with van der Waals surface area (Å²) in [5.74, 6) is 0.664. The standard InChI is InChI=1S/C21H25ClFN3O/c1-13(2)16-10-20(26-19-8-7-15(22)9-18(19)23)24-12-17(16)21(27)25-11-14-5-3-4-6-14/h7-10,12-14H,3-6,11H2,1-2H3,(H,24,26)(H,25,27). The van der Waals surface area contributed by atoms with E-state index in [1.807, 2.05) is 19.9 Å². The molecule has 1 fully saturated rings. The molecule has 1 heterocycles. The maximum absolute atomic E-state index is 14.0. The van der Waals surface area contributed by atoms with Crippen LogP contribution in [0.4, 0.5) is 15.9 Å². The molecule has 2 N–H and O–H groups in total. The molecule has 1 saturated carbocycles. The Balaban J connectivity index is 1.76. The number of nitrogens with one attached hydrogen (secondary N) is 2. The summed E-state index contributed by atoms with van der Waals surface area (Å²) in [6.45, 7) is 4.76. The second-order valence-corrected chi connectivity index (χ2v) is 7.86. The lowest BCUT2D eigenvalue weighted by Crippen LogP contribution is -2.29. The van der Waals surface area contributed by atoms with Gasteiger partial charge in [-0.2, -0.15) is 0 Å². The second kappa shape index (κ2) is 8.70. The lowest BCUT2D eigenvalue weighted by Gasteiger charge is -2.16. The van der Waals surface area contributed by atoms with Crippen LogP contribution in [-0.4, -0.2) is 17.4 Å². The molecule has 27 heavy (non-hydrogen) atoms. The van der Waals surface area contributed by atoms with Crippen LogP contribution in [0.1, 0.15) is 61.4 Å². The largest absolute Gasteiger partial charge is 0.352 e. The van der Waals surface area contributed by atoms with Gasteiger partial charge in [0.1, 0.15) is 11.6 Å². The number of hydrogen-bond donors (Lipinski definition) is 2. The molecule has 1 aliphatic rings. The van der Waals surface area contributed by atoms with Crippen molar-refractivity contribution in [2.45, 2.75) is 45.4 Å². The fourth-order valence-electron chi connectivity index (χ4n) is 3.48. The van der Waals surface area contributed by atoms with E-state index in [1.165, 1.54) is 31.7 Å². The number of carbonyl (C=O) groups excluding carboxylic acids is 1. The zero-order valence-electron chi connectivity index (χ0n) is 15.7. The topological polar surface area (TPSA) is 54.0 Å². The first-order valence-corrected chi connectivity index (χ1v) is 9.82. The van der Waals surface area contributed by atoms with Crippen molar-refractivity contribution in [2.24, 2.45) is 5.92 Å². The Kier molecular flexibility index (Phi) is 6.32. The van der Waals surface area contributed by atoms with E-state index in [9.17, 15) is 9.18 Å². The molecule has 3 rings (SSSR count). The number of anilines is 2. The molecule has 0 aliphatic heterocycles. The monoisotopic (exact) mass is 389 g/mol.